The van der Waals surface area contributed by atoms with Crippen LogP contribution in [-0.4, -0.2) is 4.57 Å². The Morgan fingerprint density at radius 2 is 0.958 bits per heavy atom. The van der Waals surface area contributed by atoms with E-state index in [-0.39, 0.29) is 0 Å². The van der Waals surface area contributed by atoms with Crippen molar-refractivity contribution in [1.82, 2.24) is 4.57 Å². The van der Waals surface area contributed by atoms with Crippen LogP contribution in [0.4, 0.5) is 0 Å². The molecule has 1 heterocycles. The molecule has 0 spiro atoms. The number of aryl methyl sites for hydroxylation is 1. The van der Waals surface area contributed by atoms with Crippen molar-refractivity contribution in [2.45, 2.75) is 13.8 Å². The number of fused-ring (bicyclic) bond motifs is 7. The van der Waals surface area contributed by atoms with Crippen molar-refractivity contribution in [1.29, 1.82) is 0 Å². The van der Waals surface area contributed by atoms with Crippen LogP contribution in [0.3, 0.4) is 0 Å². The molecule has 0 aliphatic heterocycles. The van der Waals surface area contributed by atoms with E-state index in [0.717, 1.165) is 0 Å². The van der Waals surface area contributed by atoms with Gasteiger partial charge >= 0.3 is 0 Å². The molecule has 0 atom stereocenters. The zero-order valence-corrected chi connectivity index (χ0v) is 14.4. The molecule has 0 aliphatic rings. The summed E-state index contributed by atoms with van der Waals surface area (Å²) in [4.78, 5) is 0. The van der Waals surface area contributed by atoms with Crippen molar-refractivity contribution in [2.75, 3.05) is 0 Å². The molecule has 0 aliphatic carbocycles. The summed E-state index contributed by atoms with van der Waals surface area (Å²) in [7, 11) is 2.16. The second-order valence-electron chi connectivity index (χ2n) is 5.92. The Morgan fingerprint density at radius 1 is 0.542 bits per heavy atom. The minimum Gasteiger partial charge on any atom is -0.344 e. The second-order valence-corrected chi connectivity index (χ2v) is 5.92. The Labute approximate surface area is 142 Å². The van der Waals surface area contributed by atoms with Gasteiger partial charge in [-0.2, -0.15) is 0 Å². The third kappa shape index (κ3) is 1.94. The number of benzene rings is 4. The molecule has 0 saturated carbocycles. The van der Waals surface area contributed by atoms with Crippen molar-refractivity contribution in [3.8, 4) is 0 Å². The van der Waals surface area contributed by atoms with Crippen molar-refractivity contribution in [2.24, 2.45) is 7.05 Å². The summed E-state index contributed by atoms with van der Waals surface area (Å²) in [6, 6.07) is 26.3. The van der Waals surface area contributed by atoms with Gasteiger partial charge in [0.1, 0.15) is 0 Å². The van der Waals surface area contributed by atoms with Gasteiger partial charge in [0.15, 0.2) is 0 Å². The summed E-state index contributed by atoms with van der Waals surface area (Å²) < 4.78 is 2.31. The highest BCUT2D eigenvalue weighted by molar-refractivity contribution is 6.27. The average molecular weight is 311 g/mol. The van der Waals surface area contributed by atoms with E-state index in [4.69, 9.17) is 0 Å². The number of rotatable bonds is 0. The fourth-order valence-corrected chi connectivity index (χ4v) is 3.73. The van der Waals surface area contributed by atoms with Crippen molar-refractivity contribution in [3.05, 3.63) is 72.8 Å². The predicted molar refractivity (Wildman–Crippen MR) is 107 cm³/mol. The standard InChI is InChI=1S/C21H15N.C2H6/c1-22-18-12-10-14-6-2-4-8-16(14)20(18)21-17-9-5-3-7-15(17)11-13-19(21)22;1-2/h2-13H,1H3;1-2H3. The molecule has 5 rings (SSSR count). The van der Waals surface area contributed by atoms with E-state index < -0.39 is 0 Å². The van der Waals surface area contributed by atoms with E-state index in [1.165, 1.54) is 43.4 Å². The zero-order valence-electron chi connectivity index (χ0n) is 14.4. The molecule has 0 saturated heterocycles. The Hall–Kier alpha value is -2.80. The molecule has 0 fully saturated rings. The van der Waals surface area contributed by atoms with Gasteiger partial charge < -0.3 is 4.57 Å². The molecule has 0 amide bonds. The Kier molecular flexibility index (Phi) is 3.50. The van der Waals surface area contributed by atoms with Gasteiger partial charge in [-0.25, -0.2) is 0 Å². The Balaban J connectivity index is 0.000000704. The van der Waals surface area contributed by atoms with Gasteiger partial charge in [-0.15, -0.1) is 0 Å². The lowest BCUT2D eigenvalue weighted by atomic mass is 10.00. The van der Waals surface area contributed by atoms with Gasteiger partial charge in [0.05, 0.1) is 0 Å². The van der Waals surface area contributed by atoms with E-state index in [0.29, 0.717) is 0 Å². The summed E-state index contributed by atoms with van der Waals surface area (Å²) in [5, 5.41) is 8.01. The van der Waals surface area contributed by atoms with Crippen LogP contribution in [-0.2, 0) is 7.05 Å². The maximum absolute atomic E-state index is 2.31. The van der Waals surface area contributed by atoms with Crippen LogP contribution in [0.15, 0.2) is 72.8 Å². The lowest BCUT2D eigenvalue weighted by Gasteiger charge is -2.02. The molecule has 1 nitrogen and oxygen atoms in total. The van der Waals surface area contributed by atoms with Crippen molar-refractivity contribution in [3.63, 3.8) is 0 Å². The van der Waals surface area contributed by atoms with E-state index in [2.05, 4.69) is 84.4 Å². The highest BCUT2D eigenvalue weighted by Crippen LogP contribution is 2.37. The summed E-state index contributed by atoms with van der Waals surface area (Å²) in [5.74, 6) is 0. The van der Waals surface area contributed by atoms with Crippen LogP contribution >= 0.6 is 0 Å². The first-order chi connectivity index (χ1) is 11.8. The molecule has 0 bridgehead atoms. The number of hydrogen-bond donors (Lipinski definition) is 0. The molecule has 0 N–H and O–H groups in total. The van der Waals surface area contributed by atoms with Crippen molar-refractivity contribution >= 4 is 43.4 Å². The van der Waals surface area contributed by atoms with Crippen LogP contribution in [0.25, 0.3) is 43.4 Å². The molecule has 118 valence electrons. The molecular weight excluding hydrogens is 290 g/mol. The van der Waals surface area contributed by atoms with Gasteiger partial charge in [0, 0.05) is 28.9 Å². The van der Waals surface area contributed by atoms with Crippen LogP contribution in [0.2, 0.25) is 0 Å². The lowest BCUT2D eigenvalue weighted by Crippen LogP contribution is -1.86. The van der Waals surface area contributed by atoms with Gasteiger partial charge in [-0.1, -0.05) is 74.5 Å². The third-order valence-corrected chi connectivity index (χ3v) is 4.79. The molecule has 1 heteroatoms. The number of hydrogen-bond acceptors (Lipinski definition) is 0. The summed E-state index contributed by atoms with van der Waals surface area (Å²) >= 11 is 0. The van der Waals surface area contributed by atoms with Gasteiger partial charge in [0.25, 0.3) is 0 Å². The number of nitrogens with zero attached hydrogens (tertiary/aromatic N) is 1. The van der Waals surface area contributed by atoms with Gasteiger partial charge in [-0.05, 0) is 33.7 Å². The van der Waals surface area contributed by atoms with Gasteiger partial charge in [-0.3, -0.25) is 0 Å². The zero-order chi connectivity index (χ0) is 16.7. The van der Waals surface area contributed by atoms with Crippen LogP contribution in [0.1, 0.15) is 13.8 Å². The Bertz CT molecular complexity index is 1090. The molecule has 24 heavy (non-hydrogen) atoms. The molecule has 0 radical (unpaired) electrons. The van der Waals surface area contributed by atoms with E-state index in [9.17, 15) is 0 Å². The third-order valence-electron chi connectivity index (χ3n) is 4.79. The fourth-order valence-electron chi connectivity index (χ4n) is 3.73. The van der Waals surface area contributed by atoms with Crippen LogP contribution in [0.5, 0.6) is 0 Å². The smallest absolute Gasteiger partial charge is 0.0495 e. The minimum atomic E-state index is 1.30. The first-order valence-electron chi connectivity index (χ1n) is 8.62. The summed E-state index contributed by atoms with van der Waals surface area (Å²) in [5.41, 5.74) is 2.59. The normalized spacial score (nSPS) is 11.1. The van der Waals surface area contributed by atoms with E-state index in [1.54, 1.807) is 0 Å². The molecular formula is C23H21N. The first kappa shape index (κ1) is 14.8. The maximum Gasteiger partial charge on any atom is 0.0495 e. The number of aromatic nitrogens is 1. The highest BCUT2D eigenvalue weighted by atomic mass is 14.9. The largest absolute Gasteiger partial charge is 0.344 e. The van der Waals surface area contributed by atoms with Crippen molar-refractivity contribution < 1.29 is 0 Å². The predicted octanol–water partition coefficient (Wildman–Crippen LogP) is 6.66. The SMILES string of the molecule is CC.Cn1c2ccc3ccccc3c2c2c3ccccc3ccc21. The van der Waals surface area contributed by atoms with Gasteiger partial charge in [0.2, 0.25) is 0 Å². The van der Waals surface area contributed by atoms with E-state index in [1.807, 2.05) is 13.8 Å². The van der Waals surface area contributed by atoms with E-state index >= 15 is 0 Å². The molecule has 1 aromatic heterocycles. The molecule has 4 aromatic carbocycles. The molecule has 5 aromatic rings. The fraction of sp³-hybridized carbons (Fsp3) is 0.130. The average Bonchev–Trinajstić information content (AvgIpc) is 2.97. The topological polar surface area (TPSA) is 4.93 Å². The quantitative estimate of drug-likeness (QED) is 0.301. The monoisotopic (exact) mass is 311 g/mol. The lowest BCUT2D eigenvalue weighted by molar-refractivity contribution is 1.02. The Morgan fingerprint density at radius 3 is 1.42 bits per heavy atom. The summed E-state index contributed by atoms with van der Waals surface area (Å²) in [6.07, 6.45) is 0. The molecule has 0 unspecified atom stereocenters. The first-order valence-corrected chi connectivity index (χ1v) is 8.62. The van der Waals surface area contributed by atoms with Crippen LogP contribution < -0.4 is 0 Å². The van der Waals surface area contributed by atoms with Crippen LogP contribution in [0, 0.1) is 0 Å². The minimum absolute atomic E-state index is 1.30. The summed E-state index contributed by atoms with van der Waals surface area (Å²) in [6.45, 7) is 4.00. The second kappa shape index (κ2) is 5.68. The maximum atomic E-state index is 2.31. The highest BCUT2D eigenvalue weighted by Gasteiger charge is 2.13.